The highest BCUT2D eigenvalue weighted by Crippen LogP contribution is 2.44. The van der Waals surface area contributed by atoms with Gasteiger partial charge in [0.25, 0.3) is 0 Å². The highest BCUT2D eigenvalue weighted by molar-refractivity contribution is 5.47. The fourth-order valence-electron chi connectivity index (χ4n) is 1.05. The first-order valence-electron chi connectivity index (χ1n) is 3.74. The summed E-state index contributed by atoms with van der Waals surface area (Å²) in [5.74, 6) is -2.53. The summed E-state index contributed by atoms with van der Waals surface area (Å²) >= 11 is 0. The molecule has 0 aromatic heterocycles. The molecular weight excluding hydrogens is 242 g/mol. The van der Waals surface area contributed by atoms with E-state index in [-0.39, 0.29) is 12.1 Å². The molecule has 0 saturated heterocycles. The van der Waals surface area contributed by atoms with Crippen LogP contribution in [0.15, 0.2) is 12.1 Å². The Bertz CT molecular complexity index is 367. The number of rotatable bonds is 0. The van der Waals surface area contributed by atoms with Gasteiger partial charge in [-0.05, 0) is 12.1 Å². The zero-order valence-corrected chi connectivity index (χ0v) is 7.32. The predicted molar refractivity (Wildman–Crippen MR) is 39.8 cm³/mol. The van der Waals surface area contributed by atoms with Crippen LogP contribution in [0.4, 0.5) is 26.3 Å². The molecule has 8 heteroatoms. The third-order valence-electron chi connectivity index (χ3n) is 1.73. The van der Waals surface area contributed by atoms with Crippen molar-refractivity contribution < 1.29 is 36.6 Å². The van der Waals surface area contributed by atoms with Gasteiger partial charge in [0, 0.05) is 0 Å². The number of halogens is 6. The number of benzene rings is 1. The molecule has 0 aliphatic carbocycles. The lowest BCUT2D eigenvalue weighted by atomic mass is 10.1. The maximum Gasteiger partial charge on any atom is 0.417 e. The Kier molecular flexibility index (Phi) is 2.70. The molecule has 0 atom stereocenters. The third-order valence-corrected chi connectivity index (χ3v) is 1.73. The standard InChI is InChI=1S/C8H4F6O2/c9-7(10,11)3-1-5(15)6(16)2-4(3)8(12,13)14/h1-2,15-16H. The van der Waals surface area contributed by atoms with Crippen LogP contribution in [0.25, 0.3) is 0 Å². The van der Waals surface area contributed by atoms with E-state index in [0.717, 1.165) is 0 Å². The molecule has 1 rings (SSSR count). The van der Waals surface area contributed by atoms with Crippen LogP contribution in [0, 0.1) is 0 Å². The molecule has 1 aromatic rings. The molecular formula is C8H4F6O2. The van der Waals surface area contributed by atoms with Gasteiger partial charge in [-0.1, -0.05) is 0 Å². The van der Waals surface area contributed by atoms with E-state index >= 15 is 0 Å². The van der Waals surface area contributed by atoms with Crippen LogP contribution in [-0.4, -0.2) is 10.2 Å². The van der Waals surface area contributed by atoms with Crippen molar-refractivity contribution in [2.75, 3.05) is 0 Å². The molecule has 90 valence electrons. The van der Waals surface area contributed by atoms with Crippen molar-refractivity contribution in [3.63, 3.8) is 0 Å². The lowest BCUT2D eigenvalue weighted by Crippen LogP contribution is -2.16. The minimum absolute atomic E-state index is 0.168. The van der Waals surface area contributed by atoms with Crippen LogP contribution >= 0.6 is 0 Å². The monoisotopic (exact) mass is 246 g/mol. The van der Waals surface area contributed by atoms with Crippen molar-refractivity contribution in [3.05, 3.63) is 23.3 Å². The van der Waals surface area contributed by atoms with E-state index < -0.39 is 35.0 Å². The molecule has 0 aliphatic rings. The van der Waals surface area contributed by atoms with E-state index in [2.05, 4.69) is 0 Å². The maximum atomic E-state index is 12.2. The predicted octanol–water partition coefficient (Wildman–Crippen LogP) is 3.14. The van der Waals surface area contributed by atoms with Crippen molar-refractivity contribution in [3.8, 4) is 11.5 Å². The number of phenolic OH excluding ortho intramolecular Hbond substituents is 2. The van der Waals surface area contributed by atoms with Gasteiger partial charge in [-0.25, -0.2) is 0 Å². The van der Waals surface area contributed by atoms with E-state index in [1.165, 1.54) is 0 Å². The maximum absolute atomic E-state index is 12.2. The highest BCUT2D eigenvalue weighted by atomic mass is 19.4. The summed E-state index contributed by atoms with van der Waals surface area (Å²) in [6.45, 7) is 0. The highest BCUT2D eigenvalue weighted by Gasteiger charge is 2.43. The average molecular weight is 246 g/mol. The molecule has 2 N–H and O–H groups in total. The van der Waals surface area contributed by atoms with Gasteiger partial charge in [0.05, 0.1) is 11.1 Å². The lowest BCUT2D eigenvalue weighted by molar-refractivity contribution is -0.162. The van der Waals surface area contributed by atoms with Gasteiger partial charge in [0.15, 0.2) is 11.5 Å². The van der Waals surface area contributed by atoms with Gasteiger partial charge in [-0.2, -0.15) is 26.3 Å². The zero-order chi connectivity index (χ0) is 12.7. The van der Waals surface area contributed by atoms with Gasteiger partial charge in [-0.3, -0.25) is 0 Å². The fraction of sp³-hybridized carbons (Fsp3) is 0.250. The van der Waals surface area contributed by atoms with Crippen molar-refractivity contribution >= 4 is 0 Å². The van der Waals surface area contributed by atoms with Crippen LogP contribution in [0.2, 0.25) is 0 Å². The van der Waals surface area contributed by atoms with Crippen LogP contribution in [0.5, 0.6) is 11.5 Å². The Balaban J connectivity index is 3.53. The van der Waals surface area contributed by atoms with Crippen molar-refractivity contribution in [2.24, 2.45) is 0 Å². The number of aromatic hydroxyl groups is 2. The summed E-state index contributed by atoms with van der Waals surface area (Å²) < 4.78 is 73.2. The first-order chi connectivity index (χ1) is 7.03. The van der Waals surface area contributed by atoms with E-state index in [0.29, 0.717) is 0 Å². The fourth-order valence-corrected chi connectivity index (χ4v) is 1.05. The summed E-state index contributed by atoms with van der Waals surface area (Å²) in [5.41, 5.74) is -4.09. The largest absolute Gasteiger partial charge is 0.504 e. The molecule has 0 saturated carbocycles. The lowest BCUT2D eigenvalue weighted by Gasteiger charge is -2.16. The van der Waals surface area contributed by atoms with Gasteiger partial charge in [0.2, 0.25) is 0 Å². The topological polar surface area (TPSA) is 40.5 Å². The number of hydrogen-bond donors (Lipinski definition) is 2. The Morgan fingerprint density at radius 3 is 1.12 bits per heavy atom. The Morgan fingerprint density at radius 1 is 0.688 bits per heavy atom. The minimum Gasteiger partial charge on any atom is -0.504 e. The average Bonchev–Trinajstić information content (AvgIpc) is 2.05. The molecule has 0 unspecified atom stereocenters. The van der Waals surface area contributed by atoms with Crippen molar-refractivity contribution in [2.45, 2.75) is 12.4 Å². The van der Waals surface area contributed by atoms with E-state index in [1.54, 1.807) is 0 Å². The third kappa shape index (κ3) is 2.31. The smallest absolute Gasteiger partial charge is 0.417 e. The summed E-state index contributed by atoms with van der Waals surface area (Å²) in [5, 5.41) is 17.5. The van der Waals surface area contributed by atoms with Gasteiger partial charge < -0.3 is 10.2 Å². The van der Waals surface area contributed by atoms with Gasteiger partial charge in [-0.15, -0.1) is 0 Å². The number of phenols is 2. The molecule has 0 bridgehead atoms. The van der Waals surface area contributed by atoms with Crippen LogP contribution in [0.1, 0.15) is 11.1 Å². The molecule has 0 spiro atoms. The molecule has 2 nitrogen and oxygen atoms in total. The number of hydrogen-bond acceptors (Lipinski definition) is 2. The minimum atomic E-state index is -5.27. The second-order valence-electron chi connectivity index (χ2n) is 2.88. The van der Waals surface area contributed by atoms with E-state index in [1.807, 2.05) is 0 Å². The summed E-state index contributed by atoms with van der Waals surface area (Å²) in [6, 6.07) is -0.337. The SMILES string of the molecule is Oc1cc(C(F)(F)F)c(C(F)(F)F)cc1O. The molecule has 0 aliphatic heterocycles. The number of alkyl halides is 6. The first kappa shape index (κ1) is 12.5. The Morgan fingerprint density at radius 2 is 0.938 bits per heavy atom. The molecule has 0 amide bonds. The van der Waals surface area contributed by atoms with Crippen LogP contribution < -0.4 is 0 Å². The van der Waals surface area contributed by atoms with Crippen LogP contribution in [-0.2, 0) is 12.4 Å². The van der Waals surface area contributed by atoms with E-state index in [4.69, 9.17) is 10.2 Å². The normalized spacial score (nSPS) is 12.9. The van der Waals surface area contributed by atoms with Crippen molar-refractivity contribution in [1.82, 2.24) is 0 Å². The molecule has 0 heterocycles. The summed E-state index contributed by atoms with van der Waals surface area (Å²) in [7, 11) is 0. The van der Waals surface area contributed by atoms with E-state index in [9.17, 15) is 26.3 Å². The quantitative estimate of drug-likeness (QED) is 0.545. The Hall–Kier alpha value is -1.60. The molecule has 16 heavy (non-hydrogen) atoms. The summed E-state index contributed by atoms with van der Waals surface area (Å²) in [6.07, 6.45) is -10.5. The molecule has 0 fully saturated rings. The van der Waals surface area contributed by atoms with Crippen molar-refractivity contribution in [1.29, 1.82) is 0 Å². The molecule has 1 aromatic carbocycles. The van der Waals surface area contributed by atoms with Gasteiger partial charge in [0.1, 0.15) is 0 Å². The van der Waals surface area contributed by atoms with Crippen LogP contribution in [0.3, 0.4) is 0 Å². The Labute approximate surface area is 84.7 Å². The second-order valence-corrected chi connectivity index (χ2v) is 2.88. The molecule has 0 radical (unpaired) electrons. The van der Waals surface area contributed by atoms with Gasteiger partial charge >= 0.3 is 12.4 Å². The first-order valence-corrected chi connectivity index (χ1v) is 3.74. The summed E-state index contributed by atoms with van der Waals surface area (Å²) in [4.78, 5) is 0. The second kappa shape index (κ2) is 3.46. The zero-order valence-electron chi connectivity index (χ0n) is 7.32.